The van der Waals surface area contributed by atoms with E-state index in [2.05, 4.69) is 9.47 Å². The average Bonchev–Trinajstić information content (AvgIpc) is 2.05. The molecule has 0 rings (SSSR count). The lowest BCUT2D eigenvalue weighted by Crippen LogP contribution is -2.07. The normalized spacial score (nSPS) is 8.00. The standard InChI is InChI=1S/C4H8O3.C4H8O2/c1-2-7-4(6)3-5;1-3-6-4(2)5/h5H,2-3H2,1H3;3H2,1-2H3. The molecule has 0 radical (unpaired) electrons. The van der Waals surface area contributed by atoms with Gasteiger partial charge in [-0.3, -0.25) is 4.79 Å². The fourth-order valence-electron chi connectivity index (χ4n) is 0.410. The quantitative estimate of drug-likeness (QED) is 0.642. The average molecular weight is 192 g/mol. The van der Waals surface area contributed by atoms with Crippen LogP contribution in [0.4, 0.5) is 0 Å². The van der Waals surface area contributed by atoms with Crippen LogP contribution >= 0.6 is 0 Å². The number of hydrogen-bond donors (Lipinski definition) is 1. The minimum atomic E-state index is -0.567. The van der Waals surface area contributed by atoms with E-state index in [0.29, 0.717) is 13.2 Å². The van der Waals surface area contributed by atoms with E-state index < -0.39 is 12.6 Å². The lowest BCUT2D eigenvalue weighted by atomic mass is 10.7. The Morgan fingerprint density at radius 1 is 1.15 bits per heavy atom. The van der Waals surface area contributed by atoms with E-state index in [0.717, 1.165) is 0 Å². The molecule has 78 valence electrons. The SMILES string of the molecule is CCOC(=O)CO.CCOC(C)=O. The number of rotatable bonds is 3. The topological polar surface area (TPSA) is 72.8 Å². The van der Waals surface area contributed by atoms with Gasteiger partial charge in [0, 0.05) is 6.92 Å². The third-order valence-electron chi connectivity index (χ3n) is 0.782. The Kier molecular flexibility index (Phi) is 12.1. The Hall–Kier alpha value is -1.10. The van der Waals surface area contributed by atoms with Gasteiger partial charge in [0.05, 0.1) is 13.2 Å². The smallest absolute Gasteiger partial charge is 0.331 e. The minimum absolute atomic E-state index is 0.211. The second-order valence-electron chi connectivity index (χ2n) is 1.89. The van der Waals surface area contributed by atoms with Gasteiger partial charge in [0.25, 0.3) is 0 Å². The van der Waals surface area contributed by atoms with Gasteiger partial charge in [0.15, 0.2) is 0 Å². The molecule has 0 saturated heterocycles. The van der Waals surface area contributed by atoms with Crippen LogP contribution in [-0.2, 0) is 19.1 Å². The highest BCUT2D eigenvalue weighted by molar-refractivity contribution is 5.70. The third-order valence-corrected chi connectivity index (χ3v) is 0.782. The summed E-state index contributed by atoms with van der Waals surface area (Å²) in [4.78, 5) is 19.8. The number of carbonyl (C=O) groups excluding carboxylic acids is 2. The third kappa shape index (κ3) is 18.1. The monoisotopic (exact) mass is 192 g/mol. The van der Waals surface area contributed by atoms with Gasteiger partial charge in [-0.05, 0) is 13.8 Å². The van der Waals surface area contributed by atoms with Gasteiger partial charge in [-0.25, -0.2) is 4.79 Å². The summed E-state index contributed by atoms with van der Waals surface area (Å²) in [6.45, 7) is 5.15. The van der Waals surface area contributed by atoms with E-state index >= 15 is 0 Å². The van der Waals surface area contributed by atoms with Gasteiger partial charge in [-0.15, -0.1) is 0 Å². The summed E-state index contributed by atoms with van der Waals surface area (Å²) >= 11 is 0. The molecule has 0 heterocycles. The first-order chi connectivity index (χ1) is 6.08. The van der Waals surface area contributed by atoms with E-state index in [1.54, 1.807) is 13.8 Å². The summed E-state index contributed by atoms with van der Waals surface area (Å²) in [5.41, 5.74) is 0. The van der Waals surface area contributed by atoms with Crippen LogP contribution in [0.25, 0.3) is 0 Å². The van der Waals surface area contributed by atoms with Crippen molar-refractivity contribution in [3.63, 3.8) is 0 Å². The maximum Gasteiger partial charge on any atom is 0.331 e. The lowest BCUT2D eigenvalue weighted by molar-refractivity contribution is -0.146. The summed E-state index contributed by atoms with van der Waals surface area (Å²) in [5.74, 6) is -0.778. The minimum Gasteiger partial charge on any atom is -0.466 e. The zero-order valence-electron chi connectivity index (χ0n) is 8.20. The maximum absolute atomic E-state index is 9.94. The first kappa shape index (κ1) is 14.4. The molecule has 5 nitrogen and oxygen atoms in total. The Bertz CT molecular complexity index is 143. The fraction of sp³-hybridized carbons (Fsp3) is 0.750. The predicted molar refractivity (Wildman–Crippen MR) is 46.0 cm³/mol. The predicted octanol–water partition coefficient (Wildman–Crippen LogP) is 0.111. The van der Waals surface area contributed by atoms with Crippen molar-refractivity contribution in [2.24, 2.45) is 0 Å². The number of aliphatic hydroxyl groups excluding tert-OH is 1. The molecule has 0 aliphatic rings. The molecule has 0 saturated carbocycles. The van der Waals surface area contributed by atoms with Crippen LogP contribution in [0.2, 0.25) is 0 Å². The van der Waals surface area contributed by atoms with Crippen LogP contribution in [0.5, 0.6) is 0 Å². The molecule has 0 spiro atoms. The number of esters is 2. The molecule has 0 atom stereocenters. The first-order valence-corrected chi connectivity index (χ1v) is 3.98. The molecular formula is C8H16O5. The molecule has 13 heavy (non-hydrogen) atoms. The van der Waals surface area contributed by atoms with Crippen molar-refractivity contribution in [1.82, 2.24) is 0 Å². The second-order valence-corrected chi connectivity index (χ2v) is 1.89. The van der Waals surface area contributed by atoms with E-state index in [1.807, 2.05) is 0 Å². The second kappa shape index (κ2) is 10.9. The Morgan fingerprint density at radius 3 is 1.69 bits per heavy atom. The molecule has 0 unspecified atom stereocenters. The van der Waals surface area contributed by atoms with Crippen molar-refractivity contribution in [2.45, 2.75) is 20.8 Å². The van der Waals surface area contributed by atoms with Crippen LogP contribution in [-0.4, -0.2) is 36.9 Å². The van der Waals surface area contributed by atoms with Crippen molar-refractivity contribution in [1.29, 1.82) is 0 Å². The van der Waals surface area contributed by atoms with Gasteiger partial charge in [-0.2, -0.15) is 0 Å². The van der Waals surface area contributed by atoms with Crippen LogP contribution < -0.4 is 0 Å². The first-order valence-electron chi connectivity index (χ1n) is 3.98. The summed E-state index contributed by atoms with van der Waals surface area (Å²) in [7, 11) is 0. The molecule has 0 bridgehead atoms. The molecular weight excluding hydrogens is 176 g/mol. The van der Waals surface area contributed by atoms with Crippen LogP contribution in [0.3, 0.4) is 0 Å². The fourth-order valence-corrected chi connectivity index (χ4v) is 0.410. The Labute approximate surface area is 77.6 Å². The number of aliphatic hydroxyl groups is 1. The van der Waals surface area contributed by atoms with Gasteiger partial charge < -0.3 is 14.6 Å². The van der Waals surface area contributed by atoms with Crippen molar-refractivity contribution in [3.05, 3.63) is 0 Å². The highest BCUT2D eigenvalue weighted by atomic mass is 16.5. The molecule has 0 aromatic rings. The van der Waals surface area contributed by atoms with Gasteiger partial charge >= 0.3 is 11.9 Å². The van der Waals surface area contributed by atoms with Gasteiger partial charge in [-0.1, -0.05) is 0 Å². The van der Waals surface area contributed by atoms with Gasteiger partial charge in [0.1, 0.15) is 6.61 Å². The van der Waals surface area contributed by atoms with Crippen LogP contribution in [0, 0.1) is 0 Å². The highest BCUT2D eigenvalue weighted by Crippen LogP contribution is 1.71. The van der Waals surface area contributed by atoms with Crippen molar-refractivity contribution >= 4 is 11.9 Å². The molecule has 0 aliphatic heterocycles. The van der Waals surface area contributed by atoms with E-state index in [-0.39, 0.29) is 5.97 Å². The Balaban J connectivity index is 0. The molecule has 0 aromatic carbocycles. The summed E-state index contributed by atoms with van der Waals surface area (Å²) in [5, 5.41) is 7.99. The molecule has 1 N–H and O–H groups in total. The zero-order chi connectivity index (χ0) is 10.7. The van der Waals surface area contributed by atoms with Crippen molar-refractivity contribution < 1.29 is 24.2 Å². The maximum atomic E-state index is 9.94. The molecule has 0 amide bonds. The highest BCUT2D eigenvalue weighted by Gasteiger charge is 1.92. The Morgan fingerprint density at radius 2 is 1.62 bits per heavy atom. The number of hydrogen-bond acceptors (Lipinski definition) is 5. The summed E-state index contributed by atoms with van der Waals surface area (Å²) in [6.07, 6.45) is 0. The molecule has 0 aromatic heterocycles. The summed E-state index contributed by atoms with van der Waals surface area (Å²) in [6, 6.07) is 0. The van der Waals surface area contributed by atoms with Crippen LogP contribution in [0.15, 0.2) is 0 Å². The lowest BCUT2D eigenvalue weighted by Gasteiger charge is -1.93. The number of carbonyl (C=O) groups is 2. The van der Waals surface area contributed by atoms with Crippen LogP contribution in [0.1, 0.15) is 20.8 Å². The summed E-state index contributed by atoms with van der Waals surface area (Å²) < 4.78 is 8.70. The van der Waals surface area contributed by atoms with Gasteiger partial charge in [0.2, 0.25) is 0 Å². The van der Waals surface area contributed by atoms with Crippen molar-refractivity contribution in [2.75, 3.05) is 19.8 Å². The van der Waals surface area contributed by atoms with E-state index in [1.165, 1.54) is 6.92 Å². The molecule has 0 fully saturated rings. The largest absolute Gasteiger partial charge is 0.466 e. The van der Waals surface area contributed by atoms with E-state index in [4.69, 9.17) is 5.11 Å². The van der Waals surface area contributed by atoms with E-state index in [9.17, 15) is 9.59 Å². The number of ether oxygens (including phenoxy) is 2. The van der Waals surface area contributed by atoms with Crippen molar-refractivity contribution in [3.8, 4) is 0 Å². The molecule has 5 heteroatoms. The zero-order valence-corrected chi connectivity index (χ0v) is 8.20. The molecule has 0 aliphatic carbocycles.